The van der Waals surface area contributed by atoms with Crippen LogP contribution in [0.4, 0.5) is 0 Å². The number of rotatable bonds is 8. The molecule has 3 rings (SSSR count). The number of aryl methyl sites for hydroxylation is 2. The van der Waals surface area contributed by atoms with Crippen LogP contribution in [0.15, 0.2) is 48.5 Å². The maximum Gasteiger partial charge on any atom is 0.0991 e. The van der Waals surface area contributed by atoms with Crippen LogP contribution in [0.25, 0.3) is 0 Å². The van der Waals surface area contributed by atoms with Gasteiger partial charge in [-0.2, -0.15) is 5.26 Å². The molecule has 1 saturated carbocycles. The summed E-state index contributed by atoms with van der Waals surface area (Å²) in [5.41, 5.74) is 5.00. The van der Waals surface area contributed by atoms with Crippen LogP contribution in [0.5, 0.6) is 0 Å². The Balaban J connectivity index is 1.45. The Bertz CT molecular complexity index is 712. The topological polar surface area (TPSA) is 23.8 Å². The van der Waals surface area contributed by atoms with E-state index in [1.54, 1.807) is 5.56 Å². The van der Waals surface area contributed by atoms with Gasteiger partial charge in [0.2, 0.25) is 0 Å². The molecule has 0 radical (unpaired) electrons. The van der Waals surface area contributed by atoms with Gasteiger partial charge in [-0.1, -0.05) is 69.0 Å². The minimum Gasteiger partial charge on any atom is -0.192 e. The Morgan fingerprint density at radius 3 is 1.96 bits per heavy atom. The molecule has 1 fully saturated rings. The van der Waals surface area contributed by atoms with Crippen LogP contribution in [0.2, 0.25) is 0 Å². The standard InChI is InChI=1S/C26H33N/c1-2-3-4-5-21-12-16-25(17-13-21)26-18-14-23(15-19-26)7-6-22-8-10-24(20-27)11-9-22/h8-11,14-15,18-19,21,25H,2-7,12-13,16-17H2,1H3/t21-,25-. The minimum absolute atomic E-state index is 0.739. The van der Waals surface area contributed by atoms with Crippen LogP contribution < -0.4 is 0 Å². The lowest BCUT2D eigenvalue weighted by Gasteiger charge is -2.29. The minimum atomic E-state index is 0.739. The van der Waals surface area contributed by atoms with Crippen LogP contribution in [-0.2, 0) is 12.8 Å². The molecule has 1 nitrogen and oxygen atoms in total. The van der Waals surface area contributed by atoms with E-state index in [1.807, 2.05) is 12.1 Å². The fourth-order valence-corrected chi connectivity index (χ4v) is 4.46. The number of nitriles is 1. The van der Waals surface area contributed by atoms with E-state index in [1.165, 1.54) is 62.5 Å². The molecule has 2 aromatic rings. The molecule has 0 heterocycles. The average molecular weight is 360 g/mol. The summed E-state index contributed by atoms with van der Waals surface area (Å²) in [5, 5.41) is 8.88. The van der Waals surface area contributed by atoms with Gasteiger partial charge in [0.1, 0.15) is 0 Å². The summed E-state index contributed by atoms with van der Waals surface area (Å²) in [6.45, 7) is 2.30. The molecule has 1 aliphatic rings. The van der Waals surface area contributed by atoms with Crippen molar-refractivity contribution in [1.29, 1.82) is 5.26 Å². The molecule has 0 aromatic heterocycles. The van der Waals surface area contributed by atoms with Gasteiger partial charge >= 0.3 is 0 Å². The lowest BCUT2D eigenvalue weighted by atomic mass is 9.77. The number of benzene rings is 2. The van der Waals surface area contributed by atoms with E-state index in [2.05, 4.69) is 49.4 Å². The van der Waals surface area contributed by atoms with Crippen molar-refractivity contribution in [3.8, 4) is 6.07 Å². The molecule has 142 valence electrons. The van der Waals surface area contributed by atoms with E-state index in [0.29, 0.717) is 0 Å². The van der Waals surface area contributed by atoms with Crippen LogP contribution in [0.3, 0.4) is 0 Å². The maximum atomic E-state index is 8.88. The van der Waals surface area contributed by atoms with E-state index in [9.17, 15) is 0 Å². The largest absolute Gasteiger partial charge is 0.192 e. The fourth-order valence-electron chi connectivity index (χ4n) is 4.46. The van der Waals surface area contributed by atoms with Gasteiger partial charge in [0.05, 0.1) is 11.6 Å². The zero-order valence-corrected chi connectivity index (χ0v) is 16.8. The van der Waals surface area contributed by atoms with E-state index >= 15 is 0 Å². The fraction of sp³-hybridized carbons (Fsp3) is 0.500. The number of unbranched alkanes of at least 4 members (excludes halogenated alkanes) is 2. The highest BCUT2D eigenvalue weighted by Gasteiger charge is 2.21. The van der Waals surface area contributed by atoms with Crippen molar-refractivity contribution >= 4 is 0 Å². The molecule has 0 amide bonds. The summed E-state index contributed by atoms with van der Waals surface area (Å²) < 4.78 is 0. The van der Waals surface area contributed by atoms with Gasteiger partial charge < -0.3 is 0 Å². The van der Waals surface area contributed by atoms with Gasteiger partial charge in [-0.25, -0.2) is 0 Å². The number of nitrogens with zero attached hydrogens (tertiary/aromatic N) is 1. The summed E-state index contributed by atoms with van der Waals surface area (Å²) in [4.78, 5) is 0. The number of hydrogen-bond acceptors (Lipinski definition) is 1. The third-order valence-corrected chi connectivity index (χ3v) is 6.30. The van der Waals surface area contributed by atoms with E-state index < -0.39 is 0 Å². The Hall–Kier alpha value is -2.07. The van der Waals surface area contributed by atoms with Crippen molar-refractivity contribution in [2.75, 3.05) is 0 Å². The highest BCUT2D eigenvalue weighted by Crippen LogP contribution is 2.37. The lowest BCUT2D eigenvalue weighted by Crippen LogP contribution is -2.13. The van der Waals surface area contributed by atoms with Crippen LogP contribution >= 0.6 is 0 Å². The molecule has 27 heavy (non-hydrogen) atoms. The van der Waals surface area contributed by atoms with Crippen molar-refractivity contribution in [2.24, 2.45) is 5.92 Å². The van der Waals surface area contributed by atoms with Crippen LogP contribution in [0, 0.1) is 17.2 Å². The molecule has 0 unspecified atom stereocenters. The first-order valence-corrected chi connectivity index (χ1v) is 10.9. The van der Waals surface area contributed by atoms with Gasteiger partial charge in [-0.3, -0.25) is 0 Å². The second-order valence-electron chi connectivity index (χ2n) is 8.26. The molecule has 0 N–H and O–H groups in total. The molecule has 0 aliphatic heterocycles. The second kappa shape index (κ2) is 10.3. The first-order valence-electron chi connectivity index (χ1n) is 10.9. The molecule has 1 aliphatic carbocycles. The molecule has 0 saturated heterocycles. The SMILES string of the molecule is CCCCC[C@H]1CC[C@H](c2ccc(CCc3ccc(C#N)cc3)cc2)CC1. The molecule has 1 heteroatoms. The van der Waals surface area contributed by atoms with Crippen molar-refractivity contribution in [3.05, 3.63) is 70.8 Å². The summed E-state index contributed by atoms with van der Waals surface area (Å²) in [6, 6.07) is 19.6. The van der Waals surface area contributed by atoms with E-state index in [0.717, 1.165) is 30.2 Å². The van der Waals surface area contributed by atoms with Crippen molar-refractivity contribution in [2.45, 2.75) is 77.0 Å². The van der Waals surface area contributed by atoms with Crippen molar-refractivity contribution in [3.63, 3.8) is 0 Å². The summed E-state index contributed by atoms with van der Waals surface area (Å²) in [6.07, 6.45) is 13.3. The molecule has 0 bridgehead atoms. The smallest absolute Gasteiger partial charge is 0.0991 e. The first-order chi connectivity index (χ1) is 13.3. The molecule has 0 spiro atoms. The predicted octanol–water partition coefficient (Wildman–Crippen LogP) is 7.20. The van der Waals surface area contributed by atoms with Gasteiger partial charge in [0.15, 0.2) is 0 Å². The Labute approximate surface area is 165 Å². The van der Waals surface area contributed by atoms with Gasteiger partial charge in [-0.15, -0.1) is 0 Å². The zero-order valence-electron chi connectivity index (χ0n) is 16.8. The Morgan fingerprint density at radius 1 is 0.815 bits per heavy atom. The quantitative estimate of drug-likeness (QED) is 0.457. The summed E-state index contributed by atoms with van der Waals surface area (Å²) in [7, 11) is 0. The van der Waals surface area contributed by atoms with Gasteiger partial charge in [-0.05, 0) is 79.2 Å². The van der Waals surface area contributed by atoms with Gasteiger partial charge in [0.25, 0.3) is 0 Å². The van der Waals surface area contributed by atoms with Gasteiger partial charge in [0, 0.05) is 0 Å². The molecule has 0 atom stereocenters. The summed E-state index contributed by atoms with van der Waals surface area (Å²) in [5.74, 6) is 1.76. The van der Waals surface area contributed by atoms with Crippen LogP contribution in [-0.4, -0.2) is 0 Å². The maximum absolute atomic E-state index is 8.88. The monoisotopic (exact) mass is 359 g/mol. The third kappa shape index (κ3) is 5.96. The van der Waals surface area contributed by atoms with Crippen molar-refractivity contribution < 1.29 is 0 Å². The summed E-state index contributed by atoms with van der Waals surface area (Å²) >= 11 is 0. The Morgan fingerprint density at radius 2 is 1.41 bits per heavy atom. The van der Waals surface area contributed by atoms with E-state index in [-0.39, 0.29) is 0 Å². The van der Waals surface area contributed by atoms with E-state index in [4.69, 9.17) is 5.26 Å². The zero-order chi connectivity index (χ0) is 18.9. The third-order valence-electron chi connectivity index (χ3n) is 6.30. The lowest BCUT2D eigenvalue weighted by molar-refractivity contribution is 0.303. The highest BCUT2D eigenvalue weighted by atomic mass is 14.3. The molecular formula is C26H33N. The van der Waals surface area contributed by atoms with Crippen LogP contribution in [0.1, 0.15) is 86.5 Å². The highest BCUT2D eigenvalue weighted by molar-refractivity contribution is 5.32. The average Bonchev–Trinajstić information content (AvgIpc) is 2.74. The predicted molar refractivity (Wildman–Crippen MR) is 114 cm³/mol. The first kappa shape index (κ1) is 19.7. The normalized spacial score (nSPS) is 19.6. The molecule has 2 aromatic carbocycles. The number of hydrogen-bond donors (Lipinski definition) is 0. The van der Waals surface area contributed by atoms with Crippen molar-refractivity contribution in [1.82, 2.24) is 0 Å². The molecular weight excluding hydrogens is 326 g/mol. The second-order valence-corrected chi connectivity index (χ2v) is 8.26. The Kier molecular flexibility index (Phi) is 7.52.